The molecule has 0 aromatic carbocycles. The van der Waals surface area contributed by atoms with Gasteiger partial charge in [-0.3, -0.25) is 4.79 Å². The molecule has 1 amide bonds. The van der Waals surface area contributed by atoms with Gasteiger partial charge in [0.05, 0.1) is 5.56 Å². The van der Waals surface area contributed by atoms with Crippen molar-refractivity contribution in [2.75, 3.05) is 43.0 Å². The number of amides is 1. The van der Waals surface area contributed by atoms with E-state index in [4.69, 9.17) is 0 Å². The molecule has 2 N–H and O–H groups in total. The van der Waals surface area contributed by atoms with Crippen molar-refractivity contribution >= 4 is 44.8 Å². The number of carbonyl (C=O) groups excluding carboxylic acids is 1. The van der Waals surface area contributed by atoms with Gasteiger partial charge >= 0.3 is 6.18 Å². The quantitative estimate of drug-likeness (QED) is 0.593. The Bertz CT molecular complexity index is 989. The lowest BCUT2D eigenvalue weighted by Crippen LogP contribution is -2.38. The van der Waals surface area contributed by atoms with Crippen LogP contribution in [0.1, 0.15) is 15.2 Å². The van der Waals surface area contributed by atoms with Gasteiger partial charge in [-0.15, -0.1) is 11.3 Å². The summed E-state index contributed by atoms with van der Waals surface area (Å²) in [5.74, 6) is 0.476. The van der Waals surface area contributed by atoms with E-state index in [2.05, 4.69) is 15.6 Å². The van der Waals surface area contributed by atoms with Crippen molar-refractivity contribution in [2.45, 2.75) is 11.1 Å². The van der Waals surface area contributed by atoms with Gasteiger partial charge in [-0.25, -0.2) is 13.4 Å². The van der Waals surface area contributed by atoms with Crippen LogP contribution in [0.3, 0.4) is 0 Å². The Balaban J connectivity index is 1.60. The number of thiophene rings is 1. The lowest BCUT2D eigenvalue weighted by atomic mass is 10.2. The van der Waals surface area contributed by atoms with Crippen LogP contribution in [0.4, 0.5) is 19.0 Å². The van der Waals surface area contributed by atoms with E-state index in [9.17, 15) is 26.4 Å². The molecule has 1 saturated heterocycles. The third kappa shape index (κ3) is 5.25. The standard InChI is InChI=1S/C17H19F3N4O3S3/c18-17(19,20)12-2-1-4-21-15(12)22-5-6-23-16(25)14-13(3-9-29-14)30(26,27)24-7-10-28-11-8-24/h1-4,9H,5-8,10-11H2,(H,21,22)(H,23,25). The number of halogens is 3. The minimum atomic E-state index is -4.55. The minimum absolute atomic E-state index is 0.00948. The molecule has 2 aromatic rings. The SMILES string of the molecule is O=C(NCCNc1ncccc1C(F)(F)F)c1sccc1S(=O)(=O)N1CCSCC1. The molecule has 0 bridgehead atoms. The number of rotatable bonds is 7. The summed E-state index contributed by atoms with van der Waals surface area (Å²) in [6, 6.07) is 3.50. The number of thioether (sulfide) groups is 1. The highest BCUT2D eigenvalue weighted by molar-refractivity contribution is 7.99. The molecule has 164 valence electrons. The van der Waals surface area contributed by atoms with E-state index in [1.807, 2.05) is 0 Å². The van der Waals surface area contributed by atoms with Crippen LogP contribution in [0, 0.1) is 0 Å². The molecular weight excluding hydrogens is 461 g/mol. The third-order valence-corrected chi connectivity index (χ3v) is 8.17. The molecule has 0 radical (unpaired) electrons. The Hall–Kier alpha value is -1.83. The van der Waals surface area contributed by atoms with Crippen LogP contribution in [0.5, 0.6) is 0 Å². The van der Waals surface area contributed by atoms with Gasteiger partial charge in [0.1, 0.15) is 15.6 Å². The lowest BCUT2D eigenvalue weighted by Gasteiger charge is -2.25. The summed E-state index contributed by atoms with van der Waals surface area (Å²) in [7, 11) is -3.77. The number of sulfonamides is 1. The molecule has 1 aliphatic rings. The molecule has 2 aromatic heterocycles. The number of nitrogens with one attached hydrogen (secondary N) is 2. The second-order valence-corrected chi connectivity index (χ2v) is 10.3. The zero-order valence-corrected chi connectivity index (χ0v) is 18.1. The first-order valence-electron chi connectivity index (χ1n) is 8.91. The van der Waals surface area contributed by atoms with E-state index in [0.717, 1.165) is 17.4 Å². The Morgan fingerprint density at radius 1 is 1.20 bits per heavy atom. The zero-order valence-electron chi connectivity index (χ0n) is 15.6. The van der Waals surface area contributed by atoms with Crippen LogP contribution >= 0.6 is 23.1 Å². The smallest absolute Gasteiger partial charge is 0.368 e. The van der Waals surface area contributed by atoms with Gasteiger partial charge in [0.2, 0.25) is 10.0 Å². The molecule has 1 aliphatic heterocycles. The first-order valence-corrected chi connectivity index (χ1v) is 12.4. The summed E-state index contributed by atoms with van der Waals surface area (Å²) in [4.78, 5) is 16.2. The molecule has 3 heterocycles. The van der Waals surface area contributed by atoms with E-state index < -0.39 is 27.7 Å². The zero-order chi connectivity index (χ0) is 21.8. The second kappa shape index (κ2) is 9.54. The average molecular weight is 481 g/mol. The summed E-state index contributed by atoms with van der Waals surface area (Å²) in [5, 5.41) is 6.62. The van der Waals surface area contributed by atoms with Crippen molar-refractivity contribution in [3.05, 3.63) is 40.2 Å². The second-order valence-electron chi connectivity index (χ2n) is 6.21. The Morgan fingerprint density at radius 3 is 2.63 bits per heavy atom. The van der Waals surface area contributed by atoms with E-state index >= 15 is 0 Å². The fourth-order valence-electron chi connectivity index (χ4n) is 2.80. The Morgan fingerprint density at radius 2 is 1.93 bits per heavy atom. The van der Waals surface area contributed by atoms with Gasteiger partial charge in [0.25, 0.3) is 5.91 Å². The molecular formula is C17H19F3N4O3S3. The highest BCUT2D eigenvalue weighted by Crippen LogP contribution is 2.33. The van der Waals surface area contributed by atoms with Gasteiger partial charge in [-0.2, -0.15) is 29.2 Å². The van der Waals surface area contributed by atoms with Gasteiger partial charge in [-0.05, 0) is 23.6 Å². The largest absolute Gasteiger partial charge is 0.419 e. The first-order chi connectivity index (χ1) is 14.2. The fourth-order valence-corrected chi connectivity index (χ4v) is 6.70. The number of anilines is 1. The molecule has 0 saturated carbocycles. The van der Waals surface area contributed by atoms with Crippen LogP contribution in [0.15, 0.2) is 34.7 Å². The number of nitrogens with zero attached hydrogens (tertiary/aromatic N) is 2. The maximum atomic E-state index is 13.0. The molecule has 1 fully saturated rings. The van der Waals surface area contributed by atoms with Gasteiger partial charge in [-0.1, -0.05) is 0 Å². The third-order valence-electron chi connectivity index (χ3n) is 4.24. The van der Waals surface area contributed by atoms with Crippen molar-refractivity contribution in [1.82, 2.24) is 14.6 Å². The number of aromatic nitrogens is 1. The number of pyridine rings is 1. The van der Waals surface area contributed by atoms with Crippen LogP contribution in [0.2, 0.25) is 0 Å². The Kier molecular flexibility index (Phi) is 7.26. The molecule has 7 nitrogen and oxygen atoms in total. The molecule has 0 spiro atoms. The van der Waals surface area contributed by atoms with Crippen molar-refractivity contribution in [1.29, 1.82) is 0 Å². The Labute approximate surface area is 180 Å². The van der Waals surface area contributed by atoms with Crippen LogP contribution in [-0.2, 0) is 16.2 Å². The molecule has 0 unspecified atom stereocenters. The molecule has 0 atom stereocenters. The summed E-state index contributed by atoms with van der Waals surface area (Å²) in [5.41, 5.74) is -0.900. The van der Waals surface area contributed by atoms with E-state index in [0.29, 0.717) is 24.6 Å². The lowest BCUT2D eigenvalue weighted by molar-refractivity contribution is -0.137. The van der Waals surface area contributed by atoms with Crippen LogP contribution in [0.25, 0.3) is 0 Å². The number of hydrogen-bond donors (Lipinski definition) is 2. The number of alkyl halides is 3. The molecule has 13 heteroatoms. The average Bonchev–Trinajstić information content (AvgIpc) is 3.22. The van der Waals surface area contributed by atoms with Crippen molar-refractivity contribution in [3.8, 4) is 0 Å². The van der Waals surface area contributed by atoms with E-state index in [-0.39, 0.29) is 28.7 Å². The maximum absolute atomic E-state index is 13.0. The monoisotopic (exact) mass is 480 g/mol. The molecule has 3 rings (SSSR count). The fraction of sp³-hybridized carbons (Fsp3) is 0.412. The highest BCUT2D eigenvalue weighted by atomic mass is 32.2. The summed E-state index contributed by atoms with van der Waals surface area (Å²) < 4.78 is 65.9. The molecule has 30 heavy (non-hydrogen) atoms. The van der Waals surface area contributed by atoms with Crippen molar-refractivity contribution < 1.29 is 26.4 Å². The van der Waals surface area contributed by atoms with Gasteiger partial charge in [0.15, 0.2) is 0 Å². The van der Waals surface area contributed by atoms with E-state index in [1.165, 1.54) is 28.0 Å². The topological polar surface area (TPSA) is 91.4 Å². The predicted octanol–water partition coefficient (Wildman–Crippen LogP) is 2.74. The molecule has 0 aliphatic carbocycles. The summed E-state index contributed by atoms with van der Waals surface area (Å²) in [6.07, 6.45) is -3.31. The first kappa shape index (κ1) is 22.8. The van der Waals surface area contributed by atoms with Crippen molar-refractivity contribution in [3.63, 3.8) is 0 Å². The van der Waals surface area contributed by atoms with E-state index in [1.54, 1.807) is 11.8 Å². The normalized spacial score (nSPS) is 15.7. The minimum Gasteiger partial charge on any atom is -0.368 e. The summed E-state index contributed by atoms with van der Waals surface area (Å²) >= 11 is 2.68. The highest BCUT2D eigenvalue weighted by Gasteiger charge is 2.34. The number of hydrogen-bond acceptors (Lipinski definition) is 7. The summed E-state index contributed by atoms with van der Waals surface area (Å²) in [6.45, 7) is 0.756. The number of carbonyl (C=O) groups is 1. The van der Waals surface area contributed by atoms with Crippen LogP contribution < -0.4 is 10.6 Å². The van der Waals surface area contributed by atoms with Gasteiger partial charge in [0, 0.05) is 43.9 Å². The van der Waals surface area contributed by atoms with Crippen molar-refractivity contribution in [2.24, 2.45) is 0 Å². The maximum Gasteiger partial charge on any atom is 0.419 e. The van der Waals surface area contributed by atoms with Crippen LogP contribution in [-0.4, -0.2) is 61.3 Å². The van der Waals surface area contributed by atoms with Gasteiger partial charge < -0.3 is 10.6 Å². The predicted molar refractivity (Wildman–Crippen MR) is 110 cm³/mol.